The number of halogens is 3. The lowest BCUT2D eigenvalue weighted by atomic mass is 10.0. The molecule has 0 aliphatic rings. The maximum Gasteiger partial charge on any atom is 0.307 e. The molecule has 0 radical (unpaired) electrons. The zero-order valence-electron chi connectivity index (χ0n) is 8.47. The van der Waals surface area contributed by atoms with Crippen molar-refractivity contribution in [3.05, 3.63) is 35.1 Å². The number of hydrogen-bond donors (Lipinski definition) is 1. The SMILES string of the molecule is COC(=O)C[C@H](N)c1cc(F)cc(F)c1F. The third-order valence-electron chi connectivity index (χ3n) is 2.03. The van der Waals surface area contributed by atoms with Crippen molar-refractivity contribution in [3.8, 4) is 0 Å². The second-order valence-electron chi connectivity index (χ2n) is 3.18. The molecule has 0 unspecified atom stereocenters. The van der Waals surface area contributed by atoms with Gasteiger partial charge in [0.1, 0.15) is 5.82 Å². The number of nitrogens with two attached hydrogens (primary N) is 1. The molecule has 1 aromatic carbocycles. The van der Waals surface area contributed by atoms with Crippen LogP contribution >= 0.6 is 0 Å². The van der Waals surface area contributed by atoms with Crippen molar-refractivity contribution in [2.45, 2.75) is 12.5 Å². The Hall–Kier alpha value is -1.56. The van der Waals surface area contributed by atoms with Gasteiger partial charge in [0.15, 0.2) is 11.6 Å². The highest BCUT2D eigenvalue weighted by Gasteiger charge is 2.19. The first-order valence-electron chi connectivity index (χ1n) is 4.42. The molecule has 2 N–H and O–H groups in total. The third kappa shape index (κ3) is 2.73. The lowest BCUT2D eigenvalue weighted by molar-refractivity contribution is -0.141. The minimum atomic E-state index is -1.34. The molecule has 0 aliphatic carbocycles. The van der Waals surface area contributed by atoms with Crippen LogP contribution in [-0.2, 0) is 9.53 Å². The summed E-state index contributed by atoms with van der Waals surface area (Å²) in [5, 5.41) is 0. The van der Waals surface area contributed by atoms with Gasteiger partial charge in [0.05, 0.1) is 13.5 Å². The summed E-state index contributed by atoms with van der Waals surface area (Å²) in [7, 11) is 1.14. The normalized spacial score (nSPS) is 12.3. The number of hydrogen-bond acceptors (Lipinski definition) is 3. The molecule has 1 atom stereocenters. The van der Waals surface area contributed by atoms with Crippen molar-refractivity contribution in [1.29, 1.82) is 0 Å². The van der Waals surface area contributed by atoms with Gasteiger partial charge in [-0.3, -0.25) is 4.79 Å². The van der Waals surface area contributed by atoms with Crippen molar-refractivity contribution in [1.82, 2.24) is 0 Å². The summed E-state index contributed by atoms with van der Waals surface area (Å²) in [5.41, 5.74) is 5.05. The van der Waals surface area contributed by atoms with Gasteiger partial charge in [0.2, 0.25) is 0 Å². The largest absolute Gasteiger partial charge is 0.469 e. The van der Waals surface area contributed by atoms with Crippen molar-refractivity contribution < 1.29 is 22.7 Å². The van der Waals surface area contributed by atoms with Gasteiger partial charge >= 0.3 is 5.97 Å². The van der Waals surface area contributed by atoms with E-state index in [9.17, 15) is 18.0 Å². The van der Waals surface area contributed by atoms with Crippen LogP contribution in [0, 0.1) is 17.5 Å². The van der Waals surface area contributed by atoms with Crippen LogP contribution in [0.15, 0.2) is 12.1 Å². The summed E-state index contributed by atoms with van der Waals surface area (Å²) in [5.74, 6) is -4.22. The Morgan fingerprint density at radius 3 is 2.62 bits per heavy atom. The Balaban J connectivity index is 2.99. The highest BCUT2D eigenvalue weighted by Crippen LogP contribution is 2.21. The Labute approximate surface area is 90.0 Å². The van der Waals surface area contributed by atoms with Crippen molar-refractivity contribution in [3.63, 3.8) is 0 Å². The molecule has 0 aromatic heterocycles. The summed E-state index contributed by atoms with van der Waals surface area (Å²) in [6, 6.07) is 0.0214. The second-order valence-corrected chi connectivity index (χ2v) is 3.18. The zero-order chi connectivity index (χ0) is 12.3. The lowest BCUT2D eigenvalue weighted by Crippen LogP contribution is -2.18. The molecule has 1 aromatic rings. The standard InChI is InChI=1S/C10H10F3NO2/c1-16-9(15)4-8(14)6-2-5(11)3-7(12)10(6)13/h2-3,8H,4,14H2,1H3/t8-/m0/s1. The van der Waals surface area contributed by atoms with Crippen LogP contribution in [0.5, 0.6) is 0 Å². The van der Waals surface area contributed by atoms with Gasteiger partial charge in [-0.15, -0.1) is 0 Å². The minimum absolute atomic E-state index is 0.351. The fraction of sp³-hybridized carbons (Fsp3) is 0.300. The van der Waals surface area contributed by atoms with E-state index in [0.29, 0.717) is 6.07 Å². The molecule has 0 saturated carbocycles. The van der Waals surface area contributed by atoms with Crippen LogP contribution in [0.2, 0.25) is 0 Å². The average molecular weight is 233 g/mol. The predicted octanol–water partition coefficient (Wildman–Crippen LogP) is 1.67. The molecule has 1 rings (SSSR count). The number of benzene rings is 1. The smallest absolute Gasteiger partial charge is 0.307 e. The fourth-order valence-corrected chi connectivity index (χ4v) is 1.22. The van der Waals surface area contributed by atoms with E-state index in [-0.39, 0.29) is 12.0 Å². The summed E-state index contributed by atoms with van der Waals surface area (Å²) < 4.78 is 43.2. The first-order chi connectivity index (χ1) is 7.45. The summed E-state index contributed by atoms with van der Waals surface area (Å²) in [4.78, 5) is 10.9. The number of esters is 1. The molecule has 0 amide bonds. The Morgan fingerprint density at radius 2 is 2.06 bits per heavy atom. The first-order valence-corrected chi connectivity index (χ1v) is 4.42. The number of rotatable bonds is 3. The van der Waals surface area contributed by atoms with E-state index < -0.39 is 29.5 Å². The van der Waals surface area contributed by atoms with E-state index in [1.54, 1.807) is 0 Å². The maximum atomic E-state index is 13.2. The molecule has 0 bridgehead atoms. The fourth-order valence-electron chi connectivity index (χ4n) is 1.22. The summed E-state index contributed by atoms with van der Waals surface area (Å²) >= 11 is 0. The van der Waals surface area contributed by atoms with Crippen LogP contribution in [0.25, 0.3) is 0 Å². The lowest BCUT2D eigenvalue weighted by Gasteiger charge is -2.12. The molecular formula is C10H10F3NO2. The number of carbonyl (C=O) groups is 1. The summed E-state index contributed by atoms with van der Waals surface area (Å²) in [6.45, 7) is 0. The second kappa shape index (κ2) is 4.98. The number of carbonyl (C=O) groups excluding carboxylic acids is 1. The molecular weight excluding hydrogens is 223 g/mol. The first kappa shape index (κ1) is 12.5. The summed E-state index contributed by atoms with van der Waals surface area (Å²) in [6.07, 6.45) is -0.351. The van der Waals surface area contributed by atoms with Gasteiger partial charge in [-0.2, -0.15) is 0 Å². The van der Waals surface area contributed by atoms with Crippen molar-refractivity contribution in [2.24, 2.45) is 5.73 Å². The Kier molecular flexibility index (Phi) is 3.89. The molecule has 3 nitrogen and oxygen atoms in total. The minimum Gasteiger partial charge on any atom is -0.469 e. The van der Waals surface area contributed by atoms with Crippen molar-refractivity contribution >= 4 is 5.97 Å². The molecule has 16 heavy (non-hydrogen) atoms. The highest BCUT2D eigenvalue weighted by atomic mass is 19.2. The van der Waals surface area contributed by atoms with Gasteiger partial charge in [0.25, 0.3) is 0 Å². The van der Waals surface area contributed by atoms with E-state index in [1.807, 2.05) is 0 Å². The van der Waals surface area contributed by atoms with Gasteiger partial charge in [0, 0.05) is 17.7 Å². The molecule has 0 fully saturated rings. The molecule has 88 valence electrons. The number of ether oxygens (including phenoxy) is 1. The van der Waals surface area contributed by atoms with Crippen LogP contribution in [0.3, 0.4) is 0 Å². The van der Waals surface area contributed by atoms with Gasteiger partial charge in [-0.1, -0.05) is 0 Å². The van der Waals surface area contributed by atoms with E-state index in [4.69, 9.17) is 5.73 Å². The molecule has 0 heterocycles. The quantitative estimate of drug-likeness (QED) is 0.638. The van der Waals surface area contributed by atoms with Gasteiger partial charge in [-0.25, -0.2) is 13.2 Å². The van der Waals surface area contributed by atoms with E-state index in [1.165, 1.54) is 0 Å². The topological polar surface area (TPSA) is 52.3 Å². The van der Waals surface area contributed by atoms with E-state index >= 15 is 0 Å². The highest BCUT2D eigenvalue weighted by molar-refractivity contribution is 5.70. The van der Waals surface area contributed by atoms with Crippen LogP contribution in [0.4, 0.5) is 13.2 Å². The van der Waals surface area contributed by atoms with Crippen LogP contribution in [-0.4, -0.2) is 13.1 Å². The van der Waals surface area contributed by atoms with Gasteiger partial charge in [-0.05, 0) is 6.07 Å². The molecule has 0 aliphatic heterocycles. The average Bonchev–Trinajstić information content (AvgIpc) is 2.22. The van der Waals surface area contributed by atoms with E-state index in [0.717, 1.165) is 13.2 Å². The monoisotopic (exact) mass is 233 g/mol. The maximum absolute atomic E-state index is 13.2. The Morgan fingerprint density at radius 1 is 1.44 bits per heavy atom. The molecule has 0 spiro atoms. The van der Waals surface area contributed by atoms with Crippen LogP contribution < -0.4 is 5.73 Å². The molecule has 0 saturated heterocycles. The number of methoxy groups -OCH3 is 1. The van der Waals surface area contributed by atoms with Gasteiger partial charge < -0.3 is 10.5 Å². The predicted molar refractivity (Wildman–Crippen MR) is 49.9 cm³/mol. The zero-order valence-corrected chi connectivity index (χ0v) is 8.47. The van der Waals surface area contributed by atoms with Crippen molar-refractivity contribution in [2.75, 3.05) is 7.11 Å². The third-order valence-corrected chi connectivity index (χ3v) is 2.03. The molecule has 6 heteroatoms. The Bertz CT molecular complexity index is 409. The van der Waals surface area contributed by atoms with E-state index in [2.05, 4.69) is 4.74 Å². The van der Waals surface area contributed by atoms with Crippen LogP contribution in [0.1, 0.15) is 18.0 Å².